The number of allylic oxidation sites excluding steroid dienone is 4. The van der Waals surface area contributed by atoms with Crippen molar-refractivity contribution in [2.45, 2.75) is 309 Å². The van der Waals surface area contributed by atoms with Gasteiger partial charge in [0.2, 0.25) is 0 Å². The van der Waals surface area contributed by atoms with Gasteiger partial charge in [0.25, 0.3) is 0 Å². The van der Waals surface area contributed by atoms with E-state index in [-0.39, 0.29) is 32.2 Å². The van der Waals surface area contributed by atoms with Crippen molar-refractivity contribution in [3.05, 3.63) is 24.3 Å². The highest BCUT2D eigenvalue weighted by atomic mass is 16.7. The second kappa shape index (κ2) is 54.0. The number of hydrogen-bond acceptors (Lipinski definition) is 8. The van der Waals surface area contributed by atoms with Crippen molar-refractivity contribution < 1.29 is 42.9 Å². The molecule has 0 aliphatic heterocycles. The SMILES string of the molecule is CCCCCCC/C=C\C/C=C\CCCCCCCCCCCCCCCCCCCCCCCCCCCCCCCC(=O)OC(COC(=O)CCCCCCC)COC(OCC[N+](C)(C)C)C(=O)[O-]. The number of carboxylic acids is 1. The molecule has 2 unspecified atom stereocenters. The van der Waals surface area contributed by atoms with Gasteiger partial charge in [-0.05, 0) is 44.9 Å². The van der Waals surface area contributed by atoms with E-state index in [0.717, 1.165) is 57.8 Å². The average Bonchev–Trinajstić information content (AvgIpc) is 3.34. The molecule has 0 amide bonds. The average molecular weight is 1000 g/mol. The fourth-order valence-electron chi connectivity index (χ4n) is 8.98. The van der Waals surface area contributed by atoms with Gasteiger partial charge >= 0.3 is 11.9 Å². The lowest BCUT2D eigenvalue weighted by atomic mass is 10.0. The van der Waals surface area contributed by atoms with E-state index < -0.39 is 24.3 Å². The zero-order valence-corrected chi connectivity index (χ0v) is 47.6. The highest BCUT2D eigenvalue weighted by molar-refractivity contribution is 5.70. The number of ether oxygens (including phenoxy) is 4. The number of likely N-dealkylation sites (N-methyl/N-ethyl adjacent to an activating group) is 1. The second-order valence-corrected chi connectivity index (χ2v) is 22.0. The first kappa shape index (κ1) is 68.8. The first-order valence-corrected chi connectivity index (χ1v) is 30.5. The summed E-state index contributed by atoms with van der Waals surface area (Å²) in [5.74, 6) is -2.28. The molecule has 0 aliphatic carbocycles. The Balaban J connectivity index is 3.71. The molecule has 0 aromatic heterocycles. The molecule has 0 aromatic rings. The van der Waals surface area contributed by atoms with Gasteiger partial charge in [-0.2, -0.15) is 0 Å². The van der Waals surface area contributed by atoms with Gasteiger partial charge in [0.05, 0.1) is 40.3 Å². The number of carboxylic acid groups (broad SMARTS) is 1. The molecule has 0 aliphatic rings. The van der Waals surface area contributed by atoms with Crippen LogP contribution in [0, 0.1) is 0 Å². The summed E-state index contributed by atoms with van der Waals surface area (Å²) < 4.78 is 22.5. The van der Waals surface area contributed by atoms with E-state index >= 15 is 0 Å². The maximum absolute atomic E-state index is 12.7. The Morgan fingerprint density at radius 2 is 0.761 bits per heavy atom. The van der Waals surface area contributed by atoms with Crippen LogP contribution in [0.15, 0.2) is 24.3 Å². The third kappa shape index (κ3) is 55.4. The van der Waals surface area contributed by atoms with Crippen molar-refractivity contribution in [3.63, 3.8) is 0 Å². The molecule has 2 atom stereocenters. The van der Waals surface area contributed by atoms with E-state index in [4.69, 9.17) is 18.9 Å². The lowest BCUT2D eigenvalue weighted by molar-refractivity contribution is -0.870. The molecule has 0 radical (unpaired) electrons. The van der Waals surface area contributed by atoms with Gasteiger partial charge in [0, 0.05) is 12.8 Å². The Hall–Kier alpha value is -2.23. The summed E-state index contributed by atoms with van der Waals surface area (Å²) in [7, 11) is 5.91. The fourth-order valence-corrected chi connectivity index (χ4v) is 8.98. The highest BCUT2D eigenvalue weighted by Gasteiger charge is 2.22. The van der Waals surface area contributed by atoms with Crippen molar-refractivity contribution in [2.75, 3.05) is 47.5 Å². The number of nitrogens with zero attached hydrogens (tertiary/aromatic N) is 1. The standard InChI is InChI=1S/C62H117NO8/c1-6-8-10-12-13-14-15-16-17-18-19-20-21-22-23-24-25-26-27-28-29-30-31-32-33-34-35-36-37-38-39-40-41-42-43-44-45-46-47-49-51-53-60(65)71-58(56-69-59(64)52-50-48-11-9-7-2)57-70-62(61(66)67)68-55-54-63(3,4)5/h15-16,18-19,58,62H,6-14,17,20-57H2,1-5H3/b16-15-,19-18-. The Bertz CT molecular complexity index is 1210. The Morgan fingerprint density at radius 1 is 0.423 bits per heavy atom. The van der Waals surface area contributed by atoms with Crippen molar-refractivity contribution in [3.8, 4) is 0 Å². The van der Waals surface area contributed by atoms with Crippen LogP contribution in [0.2, 0.25) is 0 Å². The zero-order chi connectivity index (χ0) is 52.0. The number of esters is 2. The van der Waals surface area contributed by atoms with Crippen LogP contribution < -0.4 is 5.11 Å². The summed E-state index contributed by atoms with van der Waals surface area (Å²) >= 11 is 0. The van der Waals surface area contributed by atoms with Crippen molar-refractivity contribution >= 4 is 17.9 Å². The van der Waals surface area contributed by atoms with Crippen LogP contribution in [-0.4, -0.2) is 82.3 Å². The fraction of sp³-hybridized carbons (Fsp3) is 0.887. The van der Waals surface area contributed by atoms with Gasteiger partial charge in [0.1, 0.15) is 13.2 Å². The molecule has 9 nitrogen and oxygen atoms in total. The summed E-state index contributed by atoms with van der Waals surface area (Å²) in [4.78, 5) is 36.8. The normalized spacial score (nSPS) is 12.9. The highest BCUT2D eigenvalue weighted by Crippen LogP contribution is 2.18. The molecule has 0 heterocycles. The Kier molecular flexibility index (Phi) is 52.3. The lowest BCUT2D eigenvalue weighted by Crippen LogP contribution is -2.44. The van der Waals surface area contributed by atoms with Crippen LogP contribution in [0.5, 0.6) is 0 Å². The van der Waals surface area contributed by atoms with Gasteiger partial charge in [-0.3, -0.25) is 9.59 Å². The van der Waals surface area contributed by atoms with Gasteiger partial charge < -0.3 is 33.3 Å². The van der Waals surface area contributed by atoms with Crippen molar-refractivity contribution in [2.24, 2.45) is 0 Å². The molecule has 0 saturated carbocycles. The second-order valence-electron chi connectivity index (χ2n) is 22.0. The van der Waals surface area contributed by atoms with Gasteiger partial charge in [-0.25, -0.2) is 0 Å². The Morgan fingerprint density at radius 3 is 1.11 bits per heavy atom. The minimum atomic E-state index is -1.61. The first-order valence-electron chi connectivity index (χ1n) is 30.5. The van der Waals surface area contributed by atoms with E-state index in [2.05, 4.69) is 38.2 Å². The summed E-state index contributed by atoms with van der Waals surface area (Å²) in [6.45, 7) is 4.67. The van der Waals surface area contributed by atoms with Crippen LogP contribution in [-0.2, 0) is 33.3 Å². The third-order valence-electron chi connectivity index (χ3n) is 13.7. The topological polar surface area (TPSA) is 111 Å². The summed E-state index contributed by atoms with van der Waals surface area (Å²) in [5.41, 5.74) is 0. The van der Waals surface area contributed by atoms with Crippen LogP contribution in [0.4, 0.5) is 0 Å². The molecule has 0 fully saturated rings. The summed E-state index contributed by atoms with van der Waals surface area (Å²) in [6.07, 6.45) is 62.0. The van der Waals surface area contributed by atoms with Gasteiger partial charge in [-0.15, -0.1) is 0 Å². The summed E-state index contributed by atoms with van der Waals surface area (Å²) in [5, 5.41) is 11.7. The number of rotatable bonds is 57. The van der Waals surface area contributed by atoms with E-state index in [1.54, 1.807) is 0 Å². The van der Waals surface area contributed by atoms with Gasteiger partial charge in [-0.1, -0.05) is 263 Å². The largest absolute Gasteiger partial charge is 0.545 e. The molecule has 71 heavy (non-hydrogen) atoms. The zero-order valence-electron chi connectivity index (χ0n) is 47.6. The molecule has 0 spiro atoms. The van der Waals surface area contributed by atoms with Crippen LogP contribution >= 0.6 is 0 Å². The van der Waals surface area contributed by atoms with E-state index in [0.29, 0.717) is 17.4 Å². The lowest BCUT2D eigenvalue weighted by Gasteiger charge is -2.26. The van der Waals surface area contributed by atoms with E-state index in [1.807, 2.05) is 21.1 Å². The molecule has 0 bridgehead atoms. The minimum absolute atomic E-state index is 0.151. The molecular weight excluding hydrogens is 887 g/mol. The van der Waals surface area contributed by atoms with Crippen molar-refractivity contribution in [1.29, 1.82) is 0 Å². The number of unbranched alkanes of at least 4 members (excludes halogenated alkanes) is 38. The minimum Gasteiger partial charge on any atom is -0.545 e. The third-order valence-corrected chi connectivity index (χ3v) is 13.7. The van der Waals surface area contributed by atoms with E-state index in [9.17, 15) is 19.5 Å². The maximum Gasteiger partial charge on any atom is 0.306 e. The van der Waals surface area contributed by atoms with Crippen LogP contribution in [0.1, 0.15) is 296 Å². The van der Waals surface area contributed by atoms with Crippen LogP contribution in [0.25, 0.3) is 0 Å². The number of hydrogen-bond donors (Lipinski definition) is 0. The quantitative estimate of drug-likeness (QED) is 0.0195. The number of aliphatic carboxylic acids is 1. The maximum atomic E-state index is 12.7. The van der Waals surface area contributed by atoms with Gasteiger partial charge in [0.15, 0.2) is 12.4 Å². The first-order chi connectivity index (χ1) is 34.6. The predicted molar refractivity (Wildman–Crippen MR) is 297 cm³/mol. The molecule has 0 aromatic carbocycles. The smallest absolute Gasteiger partial charge is 0.306 e. The molecule has 418 valence electrons. The molecule has 0 rings (SSSR count). The molecule has 0 N–H and O–H groups in total. The predicted octanol–water partition coefficient (Wildman–Crippen LogP) is 16.6. The van der Waals surface area contributed by atoms with Crippen LogP contribution in [0.3, 0.4) is 0 Å². The Labute approximate surface area is 439 Å². The number of carbonyl (C=O) groups is 3. The van der Waals surface area contributed by atoms with E-state index in [1.165, 1.54) is 212 Å². The monoisotopic (exact) mass is 1000 g/mol. The molecular formula is C62H117NO8. The van der Waals surface area contributed by atoms with Crippen molar-refractivity contribution in [1.82, 2.24) is 0 Å². The molecule has 9 heteroatoms. The number of carbonyl (C=O) groups excluding carboxylic acids is 3. The summed E-state index contributed by atoms with van der Waals surface area (Å²) in [6, 6.07) is 0. The molecule has 0 saturated heterocycles. The number of quaternary nitrogens is 1.